The SMILES string of the molecule is N/C(=C\c1ncccc1F)[C@H]1c2nc[nH]c2CCN1c1nnc(-c2ccnn2C2CC2)o1. The second-order valence-electron chi connectivity index (χ2n) is 7.91. The number of halogens is 1. The lowest BCUT2D eigenvalue weighted by molar-refractivity contribution is 0.499. The van der Waals surface area contributed by atoms with Crippen molar-refractivity contribution in [1.29, 1.82) is 0 Å². The van der Waals surface area contributed by atoms with Crippen molar-refractivity contribution in [3.05, 3.63) is 65.5 Å². The maximum absolute atomic E-state index is 14.2. The minimum absolute atomic E-state index is 0.159. The van der Waals surface area contributed by atoms with Crippen molar-refractivity contribution >= 4 is 12.1 Å². The molecule has 6 rings (SSSR count). The van der Waals surface area contributed by atoms with Crippen LogP contribution in [0, 0.1) is 5.82 Å². The third-order valence-corrected chi connectivity index (χ3v) is 5.77. The van der Waals surface area contributed by atoms with Crippen LogP contribution in [0.5, 0.6) is 0 Å². The number of nitrogens with zero attached hydrogens (tertiary/aromatic N) is 7. The van der Waals surface area contributed by atoms with Crippen LogP contribution in [0.1, 0.15) is 42.0 Å². The Morgan fingerprint density at radius 1 is 1.22 bits per heavy atom. The summed E-state index contributed by atoms with van der Waals surface area (Å²) in [7, 11) is 0. The summed E-state index contributed by atoms with van der Waals surface area (Å²) in [6.07, 6.45) is 9.30. The lowest BCUT2D eigenvalue weighted by atomic mass is 9.99. The Morgan fingerprint density at radius 2 is 2.12 bits per heavy atom. The summed E-state index contributed by atoms with van der Waals surface area (Å²) in [5, 5.41) is 12.9. The van der Waals surface area contributed by atoms with E-state index in [1.165, 1.54) is 24.4 Å². The fourth-order valence-corrected chi connectivity index (χ4v) is 4.09. The van der Waals surface area contributed by atoms with Crippen LogP contribution in [0.15, 0.2) is 47.0 Å². The number of imidazole rings is 1. The monoisotopic (exact) mass is 433 g/mol. The van der Waals surface area contributed by atoms with Gasteiger partial charge in [-0.25, -0.2) is 9.37 Å². The van der Waals surface area contributed by atoms with Crippen LogP contribution < -0.4 is 10.6 Å². The normalized spacial score (nSPS) is 18.7. The Balaban J connectivity index is 1.38. The van der Waals surface area contributed by atoms with Crippen molar-refractivity contribution < 1.29 is 8.81 Å². The number of hydrogen-bond donors (Lipinski definition) is 2. The highest BCUT2D eigenvalue weighted by Crippen LogP contribution is 2.39. The number of fused-ring (bicyclic) bond motifs is 1. The maximum atomic E-state index is 14.2. The van der Waals surface area contributed by atoms with E-state index in [0.717, 1.165) is 29.9 Å². The van der Waals surface area contributed by atoms with E-state index in [9.17, 15) is 4.39 Å². The highest BCUT2D eigenvalue weighted by molar-refractivity contribution is 5.56. The maximum Gasteiger partial charge on any atom is 0.319 e. The molecule has 0 radical (unpaired) electrons. The molecule has 0 saturated heterocycles. The van der Waals surface area contributed by atoms with E-state index in [2.05, 4.69) is 30.2 Å². The molecule has 0 spiro atoms. The highest BCUT2D eigenvalue weighted by Gasteiger charge is 2.35. The number of rotatable bonds is 5. The fourth-order valence-electron chi connectivity index (χ4n) is 4.09. The topological polar surface area (TPSA) is 128 Å². The quantitative estimate of drug-likeness (QED) is 0.492. The average Bonchev–Trinajstić information content (AvgIpc) is 3.21. The zero-order chi connectivity index (χ0) is 21.7. The lowest BCUT2D eigenvalue weighted by Gasteiger charge is -2.33. The first-order chi connectivity index (χ1) is 15.7. The standard InChI is InChI=1S/C21H20FN9O/c22-13-2-1-7-24-16(13)10-14(23)19-18-15(25-11-26-18)6-9-30(19)21-29-28-20(32-21)17-5-8-27-31(17)12-3-4-12/h1-2,5,7-8,10-12,19H,3-4,6,9,23H2,(H,25,26)/b14-10-/t19-/m0/s1. The van der Waals surface area contributed by atoms with Crippen molar-refractivity contribution in [3.8, 4) is 11.6 Å². The van der Waals surface area contributed by atoms with Crippen LogP contribution in [0.25, 0.3) is 17.7 Å². The van der Waals surface area contributed by atoms with E-state index in [1.807, 2.05) is 15.6 Å². The van der Waals surface area contributed by atoms with Gasteiger partial charge in [0.1, 0.15) is 23.2 Å². The van der Waals surface area contributed by atoms with E-state index >= 15 is 0 Å². The summed E-state index contributed by atoms with van der Waals surface area (Å²) in [6, 6.07) is 4.95. The highest BCUT2D eigenvalue weighted by atomic mass is 19.1. The zero-order valence-corrected chi connectivity index (χ0v) is 17.0. The number of nitrogens with two attached hydrogens (primary N) is 1. The summed E-state index contributed by atoms with van der Waals surface area (Å²) < 4.78 is 22.2. The predicted octanol–water partition coefficient (Wildman–Crippen LogP) is 2.63. The van der Waals surface area contributed by atoms with Gasteiger partial charge in [0.25, 0.3) is 5.89 Å². The van der Waals surface area contributed by atoms with E-state index in [1.54, 1.807) is 12.5 Å². The molecule has 1 aliphatic heterocycles. The van der Waals surface area contributed by atoms with E-state index in [0.29, 0.717) is 36.6 Å². The minimum atomic E-state index is -0.506. The largest absolute Gasteiger partial charge is 0.402 e. The Bertz CT molecular complexity index is 1300. The van der Waals surface area contributed by atoms with Gasteiger partial charge in [0, 0.05) is 36.8 Å². The van der Waals surface area contributed by atoms with Crippen LogP contribution in [0.3, 0.4) is 0 Å². The zero-order valence-electron chi connectivity index (χ0n) is 17.0. The van der Waals surface area contributed by atoms with Crippen molar-refractivity contribution in [2.24, 2.45) is 5.73 Å². The van der Waals surface area contributed by atoms with Gasteiger partial charge in [-0.15, -0.1) is 5.10 Å². The van der Waals surface area contributed by atoms with Gasteiger partial charge in [0.15, 0.2) is 0 Å². The van der Waals surface area contributed by atoms with E-state index in [-0.39, 0.29) is 5.69 Å². The molecule has 0 aromatic carbocycles. The molecule has 4 aromatic heterocycles. The summed E-state index contributed by atoms with van der Waals surface area (Å²) in [6.45, 7) is 0.572. The fraction of sp³-hybridized carbons (Fsp3) is 0.286. The number of H-pyrrole nitrogens is 1. The average molecular weight is 433 g/mol. The van der Waals surface area contributed by atoms with E-state index in [4.69, 9.17) is 10.2 Å². The molecular formula is C21H20FN9O. The van der Waals surface area contributed by atoms with E-state index < -0.39 is 11.9 Å². The van der Waals surface area contributed by atoms with Gasteiger partial charge in [0.05, 0.1) is 18.1 Å². The number of aromatic amines is 1. The molecule has 0 unspecified atom stereocenters. The van der Waals surface area contributed by atoms with Crippen LogP contribution >= 0.6 is 0 Å². The van der Waals surface area contributed by atoms with Crippen molar-refractivity contribution in [3.63, 3.8) is 0 Å². The third-order valence-electron chi connectivity index (χ3n) is 5.77. The Kier molecular flexibility index (Phi) is 4.27. The molecule has 162 valence electrons. The first kappa shape index (κ1) is 18.7. The molecule has 32 heavy (non-hydrogen) atoms. The van der Waals surface area contributed by atoms with Gasteiger partial charge in [-0.05, 0) is 37.1 Å². The molecular weight excluding hydrogens is 413 g/mol. The first-order valence-corrected chi connectivity index (χ1v) is 10.4. The van der Waals surface area contributed by atoms with Gasteiger partial charge in [-0.1, -0.05) is 5.10 Å². The first-order valence-electron chi connectivity index (χ1n) is 10.4. The van der Waals surface area contributed by atoms with Gasteiger partial charge in [-0.3, -0.25) is 9.67 Å². The van der Waals surface area contributed by atoms with Crippen LogP contribution in [0.4, 0.5) is 10.4 Å². The minimum Gasteiger partial charge on any atom is -0.402 e. The molecule has 0 amide bonds. The van der Waals surface area contributed by atoms with Gasteiger partial charge >= 0.3 is 6.01 Å². The molecule has 3 N–H and O–H groups in total. The third kappa shape index (κ3) is 3.13. The lowest BCUT2D eigenvalue weighted by Crippen LogP contribution is -2.38. The summed E-state index contributed by atoms with van der Waals surface area (Å²) in [4.78, 5) is 13.6. The summed E-state index contributed by atoms with van der Waals surface area (Å²) >= 11 is 0. The smallest absolute Gasteiger partial charge is 0.319 e. The van der Waals surface area contributed by atoms with Gasteiger partial charge in [-0.2, -0.15) is 5.10 Å². The van der Waals surface area contributed by atoms with Gasteiger partial charge in [0.2, 0.25) is 0 Å². The Hall–Kier alpha value is -4.02. The molecule has 1 aliphatic carbocycles. The summed E-state index contributed by atoms with van der Waals surface area (Å²) in [5.74, 6) is -0.0530. The molecule has 1 atom stereocenters. The molecule has 11 heteroatoms. The molecule has 1 saturated carbocycles. The van der Waals surface area contributed by atoms with Crippen LogP contribution in [-0.2, 0) is 6.42 Å². The molecule has 2 aliphatic rings. The van der Waals surface area contributed by atoms with Crippen LogP contribution in [0.2, 0.25) is 0 Å². The Morgan fingerprint density at radius 3 is 2.97 bits per heavy atom. The van der Waals surface area contributed by atoms with Gasteiger partial charge < -0.3 is 20.0 Å². The second-order valence-corrected chi connectivity index (χ2v) is 7.91. The van der Waals surface area contributed by atoms with Crippen molar-refractivity contribution in [2.45, 2.75) is 31.3 Å². The second kappa shape index (κ2) is 7.29. The number of pyridine rings is 1. The molecule has 0 bridgehead atoms. The van der Waals surface area contributed by atoms with Crippen LogP contribution in [-0.4, -0.2) is 41.5 Å². The molecule has 5 heterocycles. The molecule has 1 fully saturated rings. The van der Waals surface area contributed by atoms with Crippen molar-refractivity contribution in [1.82, 2.24) is 34.9 Å². The number of hydrogen-bond acceptors (Lipinski definition) is 8. The number of aromatic nitrogens is 7. The number of anilines is 1. The predicted molar refractivity (Wildman–Crippen MR) is 113 cm³/mol. The van der Waals surface area contributed by atoms with Crippen molar-refractivity contribution in [2.75, 3.05) is 11.4 Å². The Labute approximate surface area is 182 Å². The molecule has 10 nitrogen and oxygen atoms in total. The molecule has 4 aromatic rings. The number of nitrogens with one attached hydrogen (secondary N) is 1. The summed E-state index contributed by atoms with van der Waals surface area (Å²) in [5.41, 5.74) is 9.51.